The van der Waals surface area contributed by atoms with Gasteiger partial charge in [-0.05, 0) is 76.6 Å². The third-order valence-electron chi connectivity index (χ3n) is 9.15. The number of fused-ring (bicyclic) bond motifs is 1. The van der Waals surface area contributed by atoms with Crippen LogP contribution in [-0.4, -0.2) is 41.7 Å². The van der Waals surface area contributed by atoms with E-state index >= 15 is 0 Å². The molecule has 1 amide bonds. The molecule has 0 unspecified atom stereocenters. The van der Waals surface area contributed by atoms with Crippen molar-refractivity contribution in [2.75, 3.05) is 13.2 Å². The first-order valence-corrected chi connectivity index (χ1v) is 17.2. The second-order valence-electron chi connectivity index (χ2n) is 12.4. The van der Waals surface area contributed by atoms with Crippen LogP contribution in [-0.2, 0) is 28.8 Å². The van der Waals surface area contributed by atoms with E-state index in [0.717, 1.165) is 45.1 Å². The van der Waals surface area contributed by atoms with E-state index in [2.05, 4.69) is 81.9 Å². The minimum atomic E-state index is -1.29. The highest BCUT2D eigenvalue weighted by Gasteiger charge is 2.54. The normalized spacial score (nSPS) is 18.5. The zero-order chi connectivity index (χ0) is 32.9. The predicted molar refractivity (Wildman–Crippen MR) is 192 cm³/mol. The molecule has 48 heavy (non-hydrogen) atoms. The van der Waals surface area contributed by atoms with Gasteiger partial charge in [0.25, 0.3) is 5.91 Å². The topological polar surface area (TPSA) is 80.2 Å². The molecule has 7 rings (SSSR count). The lowest BCUT2D eigenvalue weighted by Crippen LogP contribution is -2.53. The van der Waals surface area contributed by atoms with Crippen molar-refractivity contribution in [1.29, 1.82) is 0 Å². The molecule has 242 valence electrons. The fourth-order valence-electron chi connectivity index (χ4n) is 6.67. The number of aliphatic hydroxyl groups excluding tert-OH is 1. The zero-order valence-corrected chi connectivity index (χ0v) is 28.1. The molecular weight excluding hydrogens is 664 g/mol. The Morgan fingerprint density at radius 2 is 1.44 bits per heavy atom. The lowest BCUT2D eigenvalue weighted by Gasteiger charge is -2.32. The van der Waals surface area contributed by atoms with Crippen molar-refractivity contribution in [1.82, 2.24) is 5.32 Å². The fraction of sp³-hybridized carbons (Fsp3) is 0.220. The molecule has 2 aliphatic rings. The van der Waals surface area contributed by atoms with E-state index in [1.165, 1.54) is 11.1 Å². The molecule has 0 spiro atoms. The summed E-state index contributed by atoms with van der Waals surface area (Å²) >= 11 is 3.74. The summed E-state index contributed by atoms with van der Waals surface area (Å²) in [5.74, 6) is 0.940. The van der Waals surface area contributed by atoms with Gasteiger partial charge in [-0.3, -0.25) is 4.79 Å². The van der Waals surface area contributed by atoms with E-state index in [1.54, 1.807) is 0 Å². The molecule has 0 saturated carbocycles. The fourth-order valence-corrected chi connectivity index (χ4v) is 7.09. The Morgan fingerprint density at radius 1 is 0.812 bits per heavy atom. The maximum Gasteiger partial charge on any atom is 0.252 e. The van der Waals surface area contributed by atoms with Crippen LogP contribution in [0.2, 0.25) is 0 Å². The molecule has 0 fully saturated rings. The van der Waals surface area contributed by atoms with Gasteiger partial charge in [-0.15, -0.1) is 0 Å². The Hall–Kier alpha value is -4.72. The van der Waals surface area contributed by atoms with Gasteiger partial charge in [-0.25, -0.2) is 4.99 Å². The summed E-state index contributed by atoms with van der Waals surface area (Å²) in [6.07, 6.45) is 1.75. The summed E-state index contributed by atoms with van der Waals surface area (Å²) in [7, 11) is 0. The molecule has 2 N–H and O–H groups in total. The molecule has 0 saturated heterocycles. The van der Waals surface area contributed by atoms with Crippen LogP contribution >= 0.6 is 15.9 Å². The number of hydrogen-bond acceptors (Lipinski definition) is 5. The smallest absolute Gasteiger partial charge is 0.252 e. The van der Waals surface area contributed by atoms with Gasteiger partial charge in [0.05, 0.1) is 6.61 Å². The van der Waals surface area contributed by atoms with Gasteiger partial charge in [0.2, 0.25) is 5.90 Å². The zero-order valence-electron chi connectivity index (χ0n) is 26.5. The summed E-state index contributed by atoms with van der Waals surface area (Å²) in [6, 6.07) is 42.4. The molecule has 5 aromatic rings. The van der Waals surface area contributed by atoms with Gasteiger partial charge >= 0.3 is 0 Å². The van der Waals surface area contributed by atoms with Gasteiger partial charge < -0.3 is 19.9 Å². The molecule has 1 aliphatic heterocycles. The van der Waals surface area contributed by atoms with Crippen LogP contribution in [0.1, 0.15) is 40.3 Å². The Labute approximate surface area is 289 Å². The molecule has 0 bridgehead atoms. The summed E-state index contributed by atoms with van der Waals surface area (Å²) in [6.45, 7) is 0.500. The van der Waals surface area contributed by atoms with Crippen LogP contribution in [0, 0.1) is 0 Å². The molecule has 5 aromatic carbocycles. The van der Waals surface area contributed by atoms with Crippen molar-refractivity contribution in [3.05, 3.63) is 160 Å². The van der Waals surface area contributed by atoms with Crippen molar-refractivity contribution in [3.63, 3.8) is 0 Å². The first kappa shape index (κ1) is 31.9. The molecule has 6 nitrogen and oxygen atoms in total. The Kier molecular flexibility index (Phi) is 9.41. The van der Waals surface area contributed by atoms with E-state index in [9.17, 15) is 4.79 Å². The Balaban J connectivity index is 1.29. The van der Waals surface area contributed by atoms with Crippen LogP contribution < -0.4 is 10.1 Å². The third-order valence-corrected chi connectivity index (χ3v) is 9.93. The van der Waals surface area contributed by atoms with E-state index in [-0.39, 0.29) is 18.6 Å². The standard InChI is InChI=1S/C41H37BrN2O4/c42-37-14-7-6-13-34(37)27-41(40(46)43-35-25-32-11-4-5-12-33(32)26-35)38(30-17-15-29(16-18-30)28-9-2-1-3-10-28)48-39(44-41)31-19-21-36(22-20-31)47-24-8-23-45/h1-7,9-22,35,38,45H,8,23-27H2,(H,43,46)/t38-,41-/m1/s1. The van der Waals surface area contributed by atoms with Crippen molar-refractivity contribution >= 4 is 27.7 Å². The SMILES string of the molecule is O=C(NC1Cc2ccccc2C1)[C@]1(Cc2ccccc2Br)N=C(c2ccc(OCCCO)cc2)O[C@@H]1c1ccc(-c2ccccc2)cc1. The summed E-state index contributed by atoms with van der Waals surface area (Å²) in [4.78, 5) is 20.1. The number of hydrogen-bond donors (Lipinski definition) is 2. The van der Waals surface area contributed by atoms with Crippen LogP contribution in [0.25, 0.3) is 11.1 Å². The monoisotopic (exact) mass is 700 g/mol. The Bertz CT molecular complexity index is 1880. The highest BCUT2D eigenvalue weighted by Crippen LogP contribution is 2.44. The maximum atomic E-state index is 14.9. The quantitative estimate of drug-likeness (QED) is 0.139. The van der Waals surface area contributed by atoms with Crippen LogP contribution in [0.5, 0.6) is 5.75 Å². The van der Waals surface area contributed by atoms with E-state index in [4.69, 9.17) is 19.6 Å². The van der Waals surface area contributed by atoms with E-state index in [0.29, 0.717) is 31.1 Å². The molecule has 2 atom stereocenters. The molecular formula is C41H37BrN2O4. The van der Waals surface area contributed by atoms with Crippen molar-refractivity contribution in [2.24, 2.45) is 4.99 Å². The lowest BCUT2D eigenvalue weighted by atomic mass is 9.81. The summed E-state index contributed by atoms with van der Waals surface area (Å²) < 4.78 is 13.5. The second kappa shape index (κ2) is 14.2. The van der Waals surface area contributed by atoms with Crippen LogP contribution in [0.4, 0.5) is 0 Å². The number of halogens is 1. The number of amides is 1. The number of carbonyl (C=O) groups excluding carboxylic acids is 1. The van der Waals surface area contributed by atoms with E-state index < -0.39 is 11.6 Å². The number of benzene rings is 5. The molecule has 7 heteroatoms. The first-order valence-electron chi connectivity index (χ1n) is 16.4. The molecule has 1 heterocycles. The maximum absolute atomic E-state index is 14.9. The van der Waals surface area contributed by atoms with Crippen molar-refractivity contribution < 1.29 is 19.4 Å². The average Bonchev–Trinajstić information content (AvgIpc) is 3.72. The number of rotatable bonds is 11. The van der Waals surface area contributed by atoms with Gasteiger partial charge in [-0.2, -0.15) is 0 Å². The predicted octanol–water partition coefficient (Wildman–Crippen LogP) is 7.66. The number of aliphatic hydroxyl groups is 1. The molecule has 0 radical (unpaired) electrons. The summed E-state index contributed by atoms with van der Waals surface area (Å²) in [5, 5.41) is 12.5. The van der Waals surface area contributed by atoms with Gasteiger partial charge in [0.1, 0.15) is 5.75 Å². The van der Waals surface area contributed by atoms with Crippen molar-refractivity contribution in [3.8, 4) is 16.9 Å². The number of nitrogens with zero attached hydrogens (tertiary/aromatic N) is 1. The van der Waals surface area contributed by atoms with Gasteiger partial charge in [-0.1, -0.05) is 113 Å². The number of carbonyl (C=O) groups is 1. The largest absolute Gasteiger partial charge is 0.494 e. The summed E-state index contributed by atoms with van der Waals surface area (Å²) in [5.41, 5.74) is 6.04. The highest BCUT2D eigenvalue weighted by atomic mass is 79.9. The van der Waals surface area contributed by atoms with Crippen LogP contribution in [0.15, 0.2) is 137 Å². The Morgan fingerprint density at radius 3 is 2.12 bits per heavy atom. The average molecular weight is 702 g/mol. The highest BCUT2D eigenvalue weighted by molar-refractivity contribution is 9.10. The number of nitrogens with one attached hydrogen (secondary N) is 1. The molecule has 1 aliphatic carbocycles. The van der Waals surface area contributed by atoms with Crippen molar-refractivity contribution in [2.45, 2.75) is 43.4 Å². The molecule has 0 aromatic heterocycles. The third kappa shape index (κ3) is 6.66. The minimum Gasteiger partial charge on any atom is -0.494 e. The lowest BCUT2D eigenvalue weighted by molar-refractivity contribution is -0.129. The number of ether oxygens (including phenoxy) is 2. The van der Waals surface area contributed by atoms with Crippen LogP contribution in [0.3, 0.4) is 0 Å². The second-order valence-corrected chi connectivity index (χ2v) is 13.2. The van der Waals surface area contributed by atoms with Gasteiger partial charge in [0, 0.05) is 35.5 Å². The first-order chi connectivity index (χ1) is 23.5. The number of aliphatic imine (C=N–C) groups is 1. The van der Waals surface area contributed by atoms with Gasteiger partial charge in [0.15, 0.2) is 11.6 Å². The minimum absolute atomic E-state index is 0.0401. The van der Waals surface area contributed by atoms with E-state index in [1.807, 2.05) is 66.7 Å².